The zero-order valence-electron chi connectivity index (χ0n) is 14.9. The fourth-order valence-electron chi connectivity index (χ4n) is 3.11. The van der Waals surface area contributed by atoms with Gasteiger partial charge in [-0.1, -0.05) is 52.3 Å². The van der Waals surface area contributed by atoms with Gasteiger partial charge in [0.05, 0.1) is 14.5 Å². The molecule has 0 N–H and O–H groups in total. The summed E-state index contributed by atoms with van der Waals surface area (Å²) in [4.78, 5) is 25.2. The van der Waals surface area contributed by atoms with E-state index < -0.39 is 0 Å². The normalized spacial score (nSPS) is 12.9. The number of benzene rings is 3. The lowest BCUT2D eigenvalue weighted by molar-refractivity contribution is 0.0990. The number of hydrogen-bond acceptors (Lipinski definition) is 3. The summed E-state index contributed by atoms with van der Waals surface area (Å²) in [7, 11) is 0. The Morgan fingerprint density at radius 2 is 1.34 bits per heavy atom. The summed E-state index contributed by atoms with van der Waals surface area (Å²) in [5.74, 6) is 0.171. The molecule has 4 rings (SSSR count). The lowest BCUT2D eigenvalue weighted by atomic mass is 10.1. The van der Waals surface area contributed by atoms with Crippen molar-refractivity contribution in [1.29, 1.82) is 0 Å². The van der Waals surface area contributed by atoms with Crippen LogP contribution >= 0.6 is 47.8 Å². The number of halogens is 3. The van der Waals surface area contributed by atoms with Gasteiger partial charge in [-0.25, -0.2) is 0 Å². The molecule has 0 atom stereocenters. The highest BCUT2D eigenvalue weighted by Crippen LogP contribution is 2.37. The molecule has 0 fully saturated rings. The molecule has 0 spiro atoms. The van der Waals surface area contributed by atoms with Crippen molar-refractivity contribution in [2.45, 2.75) is 6.61 Å². The van der Waals surface area contributed by atoms with Crippen molar-refractivity contribution in [3.8, 4) is 5.75 Å². The fraction of sp³-hybridized carbons (Fsp3) is 0.0435. The molecule has 0 bridgehead atoms. The Kier molecular flexibility index (Phi) is 5.86. The number of hydrogen-bond donors (Lipinski definition) is 0. The van der Waals surface area contributed by atoms with Crippen LogP contribution in [0.1, 0.15) is 31.8 Å². The van der Waals surface area contributed by atoms with Crippen molar-refractivity contribution < 1.29 is 14.3 Å². The minimum atomic E-state index is -0.242. The number of fused-ring (bicyclic) bond motifs is 1. The van der Waals surface area contributed by atoms with E-state index in [1.807, 2.05) is 36.4 Å². The van der Waals surface area contributed by atoms with Gasteiger partial charge < -0.3 is 4.74 Å². The second-order valence-corrected chi connectivity index (χ2v) is 9.12. The molecule has 0 unspecified atom stereocenters. The maximum absolute atomic E-state index is 12.6. The van der Waals surface area contributed by atoms with E-state index in [-0.39, 0.29) is 17.1 Å². The molecule has 1 aliphatic rings. The van der Waals surface area contributed by atoms with Crippen LogP contribution in [-0.2, 0) is 6.61 Å². The van der Waals surface area contributed by atoms with Crippen LogP contribution in [-0.4, -0.2) is 11.6 Å². The molecular weight excluding hydrogens is 564 g/mol. The molecule has 144 valence electrons. The zero-order valence-corrected chi connectivity index (χ0v) is 19.7. The molecule has 6 heteroatoms. The maximum atomic E-state index is 12.6. The van der Waals surface area contributed by atoms with Crippen LogP contribution in [0.15, 0.2) is 79.7 Å². The number of rotatable bonds is 4. The molecular formula is C23H13Br3O3. The second-order valence-electron chi connectivity index (χ2n) is 6.49. The van der Waals surface area contributed by atoms with Crippen LogP contribution in [0.3, 0.4) is 0 Å². The first-order valence-corrected chi connectivity index (χ1v) is 11.1. The summed E-state index contributed by atoms with van der Waals surface area (Å²) in [6, 6.07) is 18.4. The Morgan fingerprint density at radius 3 is 1.90 bits per heavy atom. The predicted octanol–water partition coefficient (Wildman–Crippen LogP) is 7.02. The molecule has 29 heavy (non-hydrogen) atoms. The number of ether oxygens (including phenoxy) is 1. The molecule has 0 aromatic heterocycles. The monoisotopic (exact) mass is 574 g/mol. The number of carbonyl (C=O) groups is 2. The number of Topliss-reactive ketones (excluding diaryl/α,β-unsaturated/α-hetero) is 2. The van der Waals surface area contributed by atoms with E-state index in [0.717, 1.165) is 24.5 Å². The summed E-state index contributed by atoms with van der Waals surface area (Å²) in [5, 5.41) is 0. The van der Waals surface area contributed by atoms with Crippen molar-refractivity contribution in [3.63, 3.8) is 0 Å². The third-order valence-electron chi connectivity index (χ3n) is 4.53. The topological polar surface area (TPSA) is 43.4 Å². The molecule has 3 aromatic rings. The Hall–Kier alpha value is -2.02. The molecule has 0 heterocycles. The fourth-order valence-corrected chi connectivity index (χ4v) is 4.82. The third kappa shape index (κ3) is 4.15. The number of carbonyl (C=O) groups excluding carboxylic acids is 2. The molecule has 0 amide bonds. The van der Waals surface area contributed by atoms with E-state index in [1.54, 1.807) is 30.3 Å². The first kappa shape index (κ1) is 20.3. The van der Waals surface area contributed by atoms with Gasteiger partial charge in [0.15, 0.2) is 11.6 Å². The summed E-state index contributed by atoms with van der Waals surface area (Å²) < 4.78 is 8.42. The molecule has 0 radical (unpaired) electrons. The van der Waals surface area contributed by atoms with Gasteiger partial charge in [0, 0.05) is 15.6 Å². The zero-order chi connectivity index (χ0) is 20.5. The van der Waals surface area contributed by atoms with Crippen molar-refractivity contribution in [3.05, 3.63) is 102 Å². The van der Waals surface area contributed by atoms with Crippen LogP contribution in [0.25, 0.3) is 6.08 Å². The van der Waals surface area contributed by atoms with Gasteiger partial charge in [0.2, 0.25) is 0 Å². The summed E-state index contributed by atoms with van der Waals surface area (Å²) in [6.45, 7) is 0.414. The van der Waals surface area contributed by atoms with E-state index in [2.05, 4.69) is 47.8 Å². The van der Waals surface area contributed by atoms with Crippen LogP contribution < -0.4 is 4.74 Å². The van der Waals surface area contributed by atoms with E-state index in [0.29, 0.717) is 23.5 Å². The van der Waals surface area contributed by atoms with E-state index in [1.165, 1.54) is 0 Å². The Labute approximate surface area is 193 Å². The SMILES string of the molecule is O=C1C(=Cc2cc(Br)c(OCc3ccc(Br)cc3)c(Br)c2)C(=O)c2ccccc21. The highest BCUT2D eigenvalue weighted by atomic mass is 79.9. The second kappa shape index (κ2) is 8.38. The summed E-state index contributed by atoms with van der Waals surface area (Å²) in [6.07, 6.45) is 1.62. The molecule has 0 saturated carbocycles. The quantitative estimate of drug-likeness (QED) is 0.248. The van der Waals surface area contributed by atoms with Gasteiger partial charge in [-0.2, -0.15) is 0 Å². The average Bonchev–Trinajstić information content (AvgIpc) is 2.94. The lowest BCUT2D eigenvalue weighted by Crippen LogP contribution is -2.01. The molecule has 3 nitrogen and oxygen atoms in total. The van der Waals surface area contributed by atoms with Crippen molar-refractivity contribution in [1.82, 2.24) is 0 Å². The maximum Gasteiger partial charge on any atom is 0.197 e. The Balaban J connectivity index is 1.59. The van der Waals surface area contributed by atoms with Gasteiger partial charge in [-0.05, 0) is 73.3 Å². The first-order valence-electron chi connectivity index (χ1n) is 8.70. The third-order valence-corrected chi connectivity index (χ3v) is 6.24. The van der Waals surface area contributed by atoms with Crippen molar-refractivity contribution >= 4 is 65.4 Å². The Morgan fingerprint density at radius 1 is 0.793 bits per heavy atom. The Bertz CT molecular complexity index is 1100. The minimum absolute atomic E-state index is 0.175. The van der Waals surface area contributed by atoms with E-state index >= 15 is 0 Å². The lowest BCUT2D eigenvalue weighted by Gasteiger charge is -2.12. The van der Waals surface area contributed by atoms with Crippen LogP contribution in [0.5, 0.6) is 5.75 Å². The smallest absolute Gasteiger partial charge is 0.197 e. The van der Waals surface area contributed by atoms with Crippen molar-refractivity contribution in [2.24, 2.45) is 0 Å². The van der Waals surface area contributed by atoms with Crippen molar-refractivity contribution in [2.75, 3.05) is 0 Å². The van der Waals surface area contributed by atoms with Gasteiger partial charge in [0.1, 0.15) is 12.4 Å². The standard InChI is InChI=1S/C23H13Br3O3/c24-15-7-5-13(6-8-15)12-29-23-19(25)10-14(11-20(23)26)9-18-21(27)16-3-1-2-4-17(16)22(18)28/h1-11H,12H2. The van der Waals surface area contributed by atoms with E-state index in [9.17, 15) is 9.59 Å². The molecule has 0 saturated heterocycles. The van der Waals surface area contributed by atoms with Crippen LogP contribution in [0.4, 0.5) is 0 Å². The van der Waals surface area contributed by atoms with Crippen LogP contribution in [0, 0.1) is 0 Å². The highest BCUT2D eigenvalue weighted by molar-refractivity contribution is 9.11. The summed E-state index contributed by atoms with van der Waals surface area (Å²) in [5.41, 5.74) is 2.85. The van der Waals surface area contributed by atoms with Gasteiger partial charge >= 0.3 is 0 Å². The van der Waals surface area contributed by atoms with Gasteiger partial charge in [-0.15, -0.1) is 0 Å². The molecule has 3 aromatic carbocycles. The van der Waals surface area contributed by atoms with Gasteiger partial charge in [0.25, 0.3) is 0 Å². The van der Waals surface area contributed by atoms with Crippen LogP contribution in [0.2, 0.25) is 0 Å². The van der Waals surface area contributed by atoms with Gasteiger partial charge in [-0.3, -0.25) is 9.59 Å². The number of ketones is 2. The highest BCUT2D eigenvalue weighted by Gasteiger charge is 2.32. The summed E-state index contributed by atoms with van der Waals surface area (Å²) >= 11 is 10.5. The molecule has 0 aliphatic heterocycles. The first-order chi connectivity index (χ1) is 13.9. The largest absolute Gasteiger partial charge is 0.487 e. The minimum Gasteiger partial charge on any atom is -0.487 e. The molecule has 1 aliphatic carbocycles. The average molecular weight is 577 g/mol. The number of allylic oxidation sites excluding steroid dienone is 1. The predicted molar refractivity (Wildman–Crippen MR) is 123 cm³/mol. The van der Waals surface area contributed by atoms with E-state index in [4.69, 9.17) is 4.74 Å².